The molecule has 0 spiro atoms. The Bertz CT molecular complexity index is 1260. The second kappa shape index (κ2) is 6.35. The summed E-state index contributed by atoms with van der Waals surface area (Å²) >= 11 is 0. The number of fused-ring (bicyclic) bond motifs is 2. The zero-order chi connectivity index (χ0) is 19.2. The van der Waals surface area contributed by atoms with E-state index in [9.17, 15) is 8.42 Å². The van der Waals surface area contributed by atoms with Gasteiger partial charge in [-0.05, 0) is 38.1 Å². The number of nitrogens with zero attached hydrogens (tertiary/aromatic N) is 2. The van der Waals surface area contributed by atoms with Crippen molar-refractivity contribution in [2.45, 2.75) is 24.8 Å². The fourth-order valence-electron chi connectivity index (χ4n) is 3.26. The minimum absolute atomic E-state index is 0.155. The van der Waals surface area contributed by atoms with E-state index in [0.717, 1.165) is 22.3 Å². The quantitative estimate of drug-likeness (QED) is 0.568. The number of aryl methyl sites for hydroxylation is 1. The maximum atomic E-state index is 11.9. The van der Waals surface area contributed by atoms with Gasteiger partial charge < -0.3 is 9.73 Å². The second-order valence-corrected chi connectivity index (χ2v) is 8.64. The molecule has 2 aromatic carbocycles. The summed E-state index contributed by atoms with van der Waals surface area (Å²) in [6.07, 6.45) is 2.65. The highest BCUT2D eigenvalue weighted by Gasteiger charge is 2.18. The molecule has 7 heteroatoms. The van der Waals surface area contributed by atoms with Crippen LogP contribution in [0, 0.1) is 6.92 Å². The Morgan fingerprint density at radius 2 is 1.85 bits per heavy atom. The number of furan rings is 1. The molecule has 0 amide bonds. The first-order valence-corrected chi connectivity index (χ1v) is 10.4. The molecular weight excluding hydrogens is 362 g/mol. The Morgan fingerprint density at radius 1 is 1.07 bits per heavy atom. The Balaban J connectivity index is 1.77. The van der Waals surface area contributed by atoms with Crippen LogP contribution in [0.3, 0.4) is 0 Å². The summed E-state index contributed by atoms with van der Waals surface area (Å²) in [4.78, 5) is 8.78. The van der Waals surface area contributed by atoms with E-state index in [-0.39, 0.29) is 10.9 Å². The van der Waals surface area contributed by atoms with Crippen LogP contribution in [0.5, 0.6) is 0 Å². The van der Waals surface area contributed by atoms with Crippen molar-refractivity contribution in [3.8, 4) is 0 Å². The summed E-state index contributed by atoms with van der Waals surface area (Å²) in [5.41, 5.74) is 2.58. The van der Waals surface area contributed by atoms with Crippen LogP contribution in [0.1, 0.15) is 24.3 Å². The molecule has 1 atom stereocenters. The van der Waals surface area contributed by atoms with E-state index in [0.29, 0.717) is 16.7 Å². The van der Waals surface area contributed by atoms with Crippen molar-refractivity contribution in [1.82, 2.24) is 9.97 Å². The molecule has 0 bridgehead atoms. The third-order valence-electron chi connectivity index (χ3n) is 4.66. The molecule has 0 saturated carbocycles. The van der Waals surface area contributed by atoms with Crippen molar-refractivity contribution in [1.29, 1.82) is 0 Å². The van der Waals surface area contributed by atoms with Crippen molar-refractivity contribution in [3.05, 3.63) is 60.1 Å². The third-order valence-corrected chi connectivity index (χ3v) is 5.77. The molecule has 6 nitrogen and oxygen atoms in total. The summed E-state index contributed by atoms with van der Waals surface area (Å²) < 4.78 is 29.8. The smallest absolute Gasteiger partial charge is 0.175 e. The fraction of sp³-hybridized carbons (Fsp3) is 0.200. The molecule has 0 radical (unpaired) electrons. The molecule has 4 aromatic rings. The molecule has 4 rings (SSSR count). The first kappa shape index (κ1) is 17.5. The van der Waals surface area contributed by atoms with Crippen molar-refractivity contribution < 1.29 is 12.8 Å². The van der Waals surface area contributed by atoms with Crippen molar-refractivity contribution in [2.75, 3.05) is 11.6 Å². The third kappa shape index (κ3) is 3.14. The van der Waals surface area contributed by atoms with E-state index in [1.807, 2.05) is 38.1 Å². The lowest BCUT2D eigenvalue weighted by Crippen LogP contribution is -2.09. The monoisotopic (exact) mass is 381 g/mol. The Morgan fingerprint density at radius 3 is 2.59 bits per heavy atom. The molecule has 0 aliphatic heterocycles. The van der Waals surface area contributed by atoms with Gasteiger partial charge in [0.25, 0.3) is 0 Å². The van der Waals surface area contributed by atoms with Gasteiger partial charge in [0, 0.05) is 22.6 Å². The van der Waals surface area contributed by atoms with Crippen LogP contribution in [0.25, 0.3) is 21.9 Å². The Hall–Kier alpha value is -2.93. The molecular formula is C20H19N3O3S. The highest BCUT2D eigenvalue weighted by molar-refractivity contribution is 7.90. The topological polar surface area (TPSA) is 85.1 Å². The summed E-state index contributed by atoms with van der Waals surface area (Å²) in [7, 11) is -3.32. The van der Waals surface area contributed by atoms with Gasteiger partial charge in [0.05, 0.1) is 16.5 Å². The van der Waals surface area contributed by atoms with Gasteiger partial charge in [-0.2, -0.15) is 0 Å². The number of aromatic nitrogens is 2. The van der Waals surface area contributed by atoms with Gasteiger partial charge >= 0.3 is 0 Å². The van der Waals surface area contributed by atoms with Crippen LogP contribution in [0.4, 0.5) is 5.82 Å². The summed E-state index contributed by atoms with van der Waals surface area (Å²) in [6.45, 7) is 4.01. The van der Waals surface area contributed by atoms with Crippen LogP contribution >= 0.6 is 0 Å². The van der Waals surface area contributed by atoms with Crippen LogP contribution in [-0.4, -0.2) is 24.6 Å². The number of rotatable bonds is 4. The lowest BCUT2D eigenvalue weighted by Gasteiger charge is -2.15. The standard InChI is InChI=1S/C20H19N3O3S/c1-12-15-6-4-5-7-18(15)26-19(12)13(2)23-20-16-10-14(27(3,24)25)8-9-17(16)21-11-22-20/h4-11,13H,1-3H3,(H,21,22,23)/t13-/m1/s1. The number of benzene rings is 2. The molecule has 2 heterocycles. The highest BCUT2D eigenvalue weighted by atomic mass is 32.2. The maximum absolute atomic E-state index is 11.9. The number of anilines is 1. The van der Waals surface area contributed by atoms with Crippen molar-refractivity contribution in [2.24, 2.45) is 0 Å². The van der Waals surface area contributed by atoms with Gasteiger partial charge in [-0.25, -0.2) is 18.4 Å². The van der Waals surface area contributed by atoms with Gasteiger partial charge in [0.2, 0.25) is 0 Å². The molecule has 0 aliphatic carbocycles. The zero-order valence-electron chi connectivity index (χ0n) is 15.2. The molecule has 1 N–H and O–H groups in total. The second-order valence-electron chi connectivity index (χ2n) is 6.63. The van der Waals surface area contributed by atoms with Crippen LogP contribution in [-0.2, 0) is 9.84 Å². The van der Waals surface area contributed by atoms with E-state index in [1.165, 1.54) is 12.6 Å². The van der Waals surface area contributed by atoms with Gasteiger partial charge in [-0.1, -0.05) is 18.2 Å². The fourth-order valence-corrected chi connectivity index (χ4v) is 3.91. The number of para-hydroxylation sites is 1. The van der Waals surface area contributed by atoms with E-state index in [1.54, 1.807) is 18.2 Å². The Labute approximate surface area is 157 Å². The minimum atomic E-state index is -3.32. The van der Waals surface area contributed by atoms with Gasteiger partial charge in [-0.3, -0.25) is 0 Å². The number of hydrogen-bond donors (Lipinski definition) is 1. The average molecular weight is 381 g/mol. The first-order valence-electron chi connectivity index (χ1n) is 8.54. The predicted octanol–water partition coefficient (Wildman–Crippen LogP) is 4.26. The zero-order valence-corrected chi connectivity index (χ0v) is 16.0. The van der Waals surface area contributed by atoms with Gasteiger partial charge in [-0.15, -0.1) is 0 Å². The normalized spacial score (nSPS) is 13.1. The molecule has 0 unspecified atom stereocenters. The van der Waals surface area contributed by atoms with Crippen LogP contribution in [0.2, 0.25) is 0 Å². The van der Waals surface area contributed by atoms with Crippen LogP contribution in [0.15, 0.2) is 58.1 Å². The lowest BCUT2D eigenvalue weighted by atomic mass is 10.1. The predicted molar refractivity (Wildman–Crippen MR) is 106 cm³/mol. The van der Waals surface area contributed by atoms with Crippen molar-refractivity contribution >= 4 is 37.5 Å². The number of sulfone groups is 1. The molecule has 0 aliphatic rings. The highest BCUT2D eigenvalue weighted by Crippen LogP contribution is 2.32. The van der Waals surface area contributed by atoms with Gasteiger partial charge in [0.1, 0.15) is 23.5 Å². The molecule has 0 fully saturated rings. The average Bonchev–Trinajstić information content (AvgIpc) is 2.98. The van der Waals surface area contributed by atoms with E-state index >= 15 is 0 Å². The van der Waals surface area contributed by atoms with E-state index < -0.39 is 9.84 Å². The first-order chi connectivity index (χ1) is 12.8. The van der Waals surface area contributed by atoms with Crippen molar-refractivity contribution in [3.63, 3.8) is 0 Å². The molecule has 0 saturated heterocycles. The number of nitrogens with one attached hydrogen (secondary N) is 1. The van der Waals surface area contributed by atoms with Crippen LogP contribution < -0.4 is 5.32 Å². The molecule has 138 valence electrons. The summed E-state index contributed by atoms with van der Waals surface area (Å²) in [6, 6.07) is 12.6. The summed E-state index contributed by atoms with van der Waals surface area (Å²) in [5.74, 6) is 1.39. The van der Waals surface area contributed by atoms with E-state index in [2.05, 4.69) is 15.3 Å². The summed E-state index contributed by atoms with van der Waals surface area (Å²) in [5, 5.41) is 5.07. The molecule has 27 heavy (non-hydrogen) atoms. The van der Waals surface area contributed by atoms with Gasteiger partial charge in [0.15, 0.2) is 9.84 Å². The minimum Gasteiger partial charge on any atom is -0.459 e. The maximum Gasteiger partial charge on any atom is 0.175 e. The molecule has 2 aromatic heterocycles. The lowest BCUT2D eigenvalue weighted by molar-refractivity contribution is 0.522. The Kier molecular flexibility index (Phi) is 4.11. The number of hydrogen-bond acceptors (Lipinski definition) is 6. The largest absolute Gasteiger partial charge is 0.459 e. The SMILES string of the molecule is Cc1c([C@@H](C)Nc2ncnc3ccc(S(C)(=O)=O)cc23)oc2ccccc12. The van der Waals surface area contributed by atoms with E-state index in [4.69, 9.17) is 4.42 Å².